The Balaban J connectivity index is 1.91. The van der Waals surface area contributed by atoms with Gasteiger partial charge in [0.1, 0.15) is 34.4 Å². The third-order valence-corrected chi connectivity index (χ3v) is 4.59. The number of phenols is 2. The van der Waals surface area contributed by atoms with Gasteiger partial charge in [-0.15, -0.1) is 0 Å². The molecule has 0 aliphatic carbocycles. The normalized spacial score (nSPS) is 18.8. The second-order valence-corrected chi connectivity index (χ2v) is 6.43. The summed E-state index contributed by atoms with van der Waals surface area (Å²) in [5.74, 6) is 0.130. The van der Waals surface area contributed by atoms with E-state index >= 15 is 0 Å². The average molecular weight is 364 g/mol. The molecule has 7 heteroatoms. The molecule has 1 unspecified atom stereocenters. The standard InChI is InChI=1S/C20H17FN4O2/c1-12-9-23-17(10-22-12)19-24-11-20(25-19,13-2-4-14(21)5-3-13)16-8-15(26)6-7-18(16)27/h2-10,26-27H,11H2,1H3,(H,24,25). The van der Waals surface area contributed by atoms with Crippen LogP contribution in [-0.2, 0) is 5.54 Å². The number of benzene rings is 2. The van der Waals surface area contributed by atoms with Crippen LogP contribution in [0.25, 0.3) is 0 Å². The molecular weight excluding hydrogens is 347 g/mol. The second-order valence-electron chi connectivity index (χ2n) is 6.43. The summed E-state index contributed by atoms with van der Waals surface area (Å²) in [6.45, 7) is 2.15. The van der Waals surface area contributed by atoms with E-state index in [-0.39, 0.29) is 17.3 Å². The van der Waals surface area contributed by atoms with Crippen molar-refractivity contribution in [3.63, 3.8) is 0 Å². The van der Waals surface area contributed by atoms with E-state index in [1.807, 2.05) is 6.92 Å². The molecule has 1 aliphatic heterocycles. The van der Waals surface area contributed by atoms with Gasteiger partial charge < -0.3 is 15.5 Å². The first-order chi connectivity index (χ1) is 13.0. The molecule has 0 spiro atoms. The van der Waals surface area contributed by atoms with Crippen molar-refractivity contribution in [3.05, 3.63) is 83.2 Å². The van der Waals surface area contributed by atoms with E-state index in [4.69, 9.17) is 4.99 Å². The molecule has 0 radical (unpaired) electrons. The average Bonchev–Trinajstić information content (AvgIpc) is 3.11. The van der Waals surface area contributed by atoms with Crippen LogP contribution in [0.1, 0.15) is 22.5 Å². The minimum atomic E-state index is -1.04. The quantitative estimate of drug-likeness (QED) is 0.622. The van der Waals surface area contributed by atoms with E-state index in [9.17, 15) is 14.6 Å². The van der Waals surface area contributed by atoms with Crippen molar-refractivity contribution in [3.8, 4) is 11.5 Å². The van der Waals surface area contributed by atoms with Crippen LogP contribution in [0.15, 0.2) is 59.9 Å². The Labute approximate surface area is 155 Å². The molecule has 3 aromatic rings. The lowest BCUT2D eigenvalue weighted by atomic mass is 9.83. The molecule has 27 heavy (non-hydrogen) atoms. The number of amidine groups is 1. The number of hydrogen-bond donors (Lipinski definition) is 3. The van der Waals surface area contributed by atoms with Crippen molar-refractivity contribution >= 4 is 5.84 Å². The van der Waals surface area contributed by atoms with Gasteiger partial charge in [-0.05, 0) is 42.8 Å². The zero-order valence-corrected chi connectivity index (χ0v) is 14.5. The maximum Gasteiger partial charge on any atom is 0.150 e. The predicted octanol–water partition coefficient (Wildman–Crippen LogP) is 2.63. The van der Waals surface area contributed by atoms with E-state index in [0.29, 0.717) is 29.2 Å². The highest BCUT2D eigenvalue weighted by atomic mass is 19.1. The van der Waals surface area contributed by atoms with E-state index in [2.05, 4.69) is 15.3 Å². The minimum absolute atomic E-state index is 0.00284. The lowest BCUT2D eigenvalue weighted by Gasteiger charge is -2.27. The van der Waals surface area contributed by atoms with Gasteiger partial charge in [0, 0.05) is 11.8 Å². The number of hydrogen-bond acceptors (Lipinski definition) is 6. The predicted molar refractivity (Wildman–Crippen MR) is 98.3 cm³/mol. The number of nitrogens with zero attached hydrogens (tertiary/aromatic N) is 3. The molecule has 0 saturated heterocycles. The van der Waals surface area contributed by atoms with Crippen LogP contribution in [0.3, 0.4) is 0 Å². The molecular formula is C20H17FN4O2. The summed E-state index contributed by atoms with van der Waals surface area (Å²) in [6, 6.07) is 10.2. The molecule has 4 rings (SSSR count). The smallest absolute Gasteiger partial charge is 0.150 e. The lowest BCUT2D eigenvalue weighted by molar-refractivity contribution is 0.434. The van der Waals surface area contributed by atoms with Crippen molar-refractivity contribution in [2.24, 2.45) is 4.99 Å². The van der Waals surface area contributed by atoms with E-state index in [1.54, 1.807) is 24.5 Å². The van der Waals surface area contributed by atoms with Gasteiger partial charge in [-0.3, -0.25) is 4.98 Å². The fourth-order valence-corrected chi connectivity index (χ4v) is 3.20. The Morgan fingerprint density at radius 3 is 2.52 bits per heavy atom. The van der Waals surface area contributed by atoms with Crippen molar-refractivity contribution in [2.45, 2.75) is 12.5 Å². The maximum atomic E-state index is 13.5. The second kappa shape index (κ2) is 6.35. The van der Waals surface area contributed by atoms with Gasteiger partial charge in [0.25, 0.3) is 0 Å². The van der Waals surface area contributed by atoms with Crippen LogP contribution >= 0.6 is 0 Å². The lowest BCUT2D eigenvalue weighted by Crippen LogP contribution is -2.32. The Morgan fingerprint density at radius 2 is 1.81 bits per heavy atom. The summed E-state index contributed by atoms with van der Waals surface area (Å²) in [6.07, 6.45) is 3.26. The third kappa shape index (κ3) is 2.97. The monoisotopic (exact) mass is 364 g/mol. The van der Waals surface area contributed by atoms with Gasteiger partial charge in [0.2, 0.25) is 0 Å². The van der Waals surface area contributed by atoms with Crippen LogP contribution in [-0.4, -0.2) is 32.6 Å². The Morgan fingerprint density at radius 1 is 1.04 bits per heavy atom. The van der Waals surface area contributed by atoms with Gasteiger partial charge in [0.05, 0.1) is 18.4 Å². The number of halogens is 1. The summed E-state index contributed by atoms with van der Waals surface area (Å²) < 4.78 is 13.5. The summed E-state index contributed by atoms with van der Waals surface area (Å²) in [5, 5.41) is 23.6. The van der Waals surface area contributed by atoms with Crippen LogP contribution in [0.2, 0.25) is 0 Å². The number of aromatic nitrogens is 2. The van der Waals surface area contributed by atoms with E-state index in [1.165, 1.54) is 30.3 Å². The fraction of sp³-hybridized carbons (Fsp3) is 0.150. The topological polar surface area (TPSA) is 90.6 Å². The van der Waals surface area contributed by atoms with Crippen molar-refractivity contribution < 1.29 is 14.6 Å². The summed E-state index contributed by atoms with van der Waals surface area (Å²) in [4.78, 5) is 13.4. The van der Waals surface area contributed by atoms with Gasteiger partial charge in [-0.25, -0.2) is 14.4 Å². The highest BCUT2D eigenvalue weighted by Crippen LogP contribution is 2.42. The molecule has 1 aliphatic rings. The summed E-state index contributed by atoms with van der Waals surface area (Å²) in [5.41, 5.74) is 1.39. The fourth-order valence-electron chi connectivity index (χ4n) is 3.20. The molecule has 0 amide bonds. The highest BCUT2D eigenvalue weighted by Gasteiger charge is 2.41. The van der Waals surface area contributed by atoms with Gasteiger partial charge in [-0.2, -0.15) is 0 Å². The molecule has 0 bridgehead atoms. The first-order valence-electron chi connectivity index (χ1n) is 8.39. The van der Waals surface area contributed by atoms with Crippen molar-refractivity contribution in [1.29, 1.82) is 0 Å². The molecule has 2 heterocycles. The largest absolute Gasteiger partial charge is 0.508 e. The van der Waals surface area contributed by atoms with Crippen molar-refractivity contribution in [1.82, 2.24) is 15.3 Å². The SMILES string of the molecule is Cc1cnc(C2=NC(c3ccc(F)cc3)(c3cc(O)ccc3O)CN2)cn1. The third-order valence-electron chi connectivity index (χ3n) is 4.59. The van der Waals surface area contributed by atoms with Crippen LogP contribution in [0.5, 0.6) is 11.5 Å². The van der Waals surface area contributed by atoms with Crippen LogP contribution in [0, 0.1) is 12.7 Å². The van der Waals surface area contributed by atoms with Crippen LogP contribution in [0.4, 0.5) is 4.39 Å². The molecule has 1 atom stereocenters. The number of aliphatic imine (C=N–C) groups is 1. The number of aromatic hydroxyl groups is 2. The summed E-state index contributed by atoms with van der Waals surface area (Å²) in [7, 11) is 0. The molecule has 1 aromatic heterocycles. The van der Waals surface area contributed by atoms with Crippen molar-refractivity contribution in [2.75, 3.05) is 6.54 Å². The molecule has 2 aromatic carbocycles. The summed E-state index contributed by atoms with van der Waals surface area (Å²) >= 11 is 0. The Kier molecular flexibility index (Phi) is 3.99. The zero-order chi connectivity index (χ0) is 19.0. The Hall–Kier alpha value is -3.48. The molecule has 136 valence electrons. The van der Waals surface area contributed by atoms with E-state index in [0.717, 1.165) is 5.69 Å². The Bertz CT molecular complexity index is 1020. The maximum absolute atomic E-state index is 13.5. The number of nitrogens with one attached hydrogen (secondary N) is 1. The number of rotatable bonds is 3. The molecule has 0 fully saturated rings. The minimum Gasteiger partial charge on any atom is -0.508 e. The molecule has 6 nitrogen and oxygen atoms in total. The highest BCUT2D eigenvalue weighted by molar-refractivity contribution is 5.99. The van der Waals surface area contributed by atoms with Gasteiger partial charge >= 0.3 is 0 Å². The molecule has 3 N–H and O–H groups in total. The number of phenolic OH excluding ortho intramolecular Hbond substituents is 2. The number of aryl methyl sites for hydroxylation is 1. The zero-order valence-electron chi connectivity index (χ0n) is 14.5. The van der Waals surface area contributed by atoms with Gasteiger partial charge in [0.15, 0.2) is 0 Å². The molecule has 0 saturated carbocycles. The van der Waals surface area contributed by atoms with E-state index < -0.39 is 5.54 Å². The van der Waals surface area contributed by atoms with Gasteiger partial charge in [-0.1, -0.05) is 12.1 Å². The first kappa shape index (κ1) is 17.0. The van der Waals surface area contributed by atoms with Crippen LogP contribution < -0.4 is 5.32 Å². The first-order valence-corrected chi connectivity index (χ1v) is 8.39.